The largest absolute Gasteiger partial charge is 0.315 e. The molecular weight excluding hydrogens is 160 g/mol. The molecule has 0 aromatic rings. The third kappa shape index (κ3) is 3.74. The van der Waals surface area contributed by atoms with Gasteiger partial charge in [0.25, 0.3) is 0 Å². The van der Waals surface area contributed by atoms with Crippen LogP contribution in [0.15, 0.2) is 0 Å². The zero-order valence-electron chi connectivity index (χ0n) is 6.72. The van der Waals surface area contributed by atoms with Crippen LogP contribution in [0.5, 0.6) is 0 Å². The monoisotopic (exact) mass is 174 g/mol. The van der Waals surface area contributed by atoms with Gasteiger partial charge in [0.2, 0.25) is 0 Å². The molecule has 1 rings (SSSR count). The lowest BCUT2D eigenvalue weighted by Gasteiger charge is -2.08. The van der Waals surface area contributed by atoms with Crippen LogP contribution in [0.25, 0.3) is 0 Å². The minimum atomic E-state index is 0.184. The molecule has 1 aliphatic rings. The Balaban J connectivity index is 1.98. The Morgan fingerprint density at radius 2 is 2.64 bits per heavy atom. The number of hydrogen-bond acceptors (Lipinski definition) is 4. The second-order valence-electron chi connectivity index (χ2n) is 2.67. The number of rotatable bonds is 3. The lowest BCUT2D eigenvalue weighted by atomic mass is 10.3. The van der Waals surface area contributed by atoms with E-state index in [1.807, 2.05) is 0 Å². The van der Waals surface area contributed by atoms with Gasteiger partial charge in [-0.15, -0.1) is 0 Å². The highest BCUT2D eigenvalue weighted by molar-refractivity contribution is 8.13. The minimum Gasteiger partial charge on any atom is -0.315 e. The van der Waals surface area contributed by atoms with Crippen LogP contribution in [0.3, 0.4) is 0 Å². The Kier molecular flexibility index (Phi) is 3.90. The topological polar surface area (TPSA) is 41.1 Å². The van der Waals surface area contributed by atoms with Crippen LogP contribution in [0.2, 0.25) is 0 Å². The summed E-state index contributed by atoms with van der Waals surface area (Å²) in [5.41, 5.74) is 0. The van der Waals surface area contributed by atoms with Crippen LogP contribution in [-0.2, 0) is 4.79 Å². The smallest absolute Gasteiger partial charge is 0.187 e. The number of carbonyl (C=O) groups excluding carboxylic acids is 1. The Morgan fingerprint density at radius 3 is 3.18 bits per heavy atom. The maximum absolute atomic E-state index is 10.5. The highest BCUT2D eigenvalue weighted by Crippen LogP contribution is 2.01. The van der Waals surface area contributed by atoms with Crippen molar-refractivity contribution in [1.82, 2.24) is 10.6 Å². The third-order valence-corrected chi connectivity index (χ3v) is 2.43. The molecule has 0 spiro atoms. The Bertz CT molecular complexity index is 134. The van der Waals surface area contributed by atoms with Crippen LogP contribution in [0.1, 0.15) is 13.3 Å². The first kappa shape index (κ1) is 9.03. The zero-order chi connectivity index (χ0) is 8.10. The molecule has 11 heavy (non-hydrogen) atoms. The predicted molar refractivity (Wildman–Crippen MR) is 47.5 cm³/mol. The van der Waals surface area contributed by atoms with Crippen molar-refractivity contribution in [3.8, 4) is 0 Å². The molecule has 1 aliphatic heterocycles. The van der Waals surface area contributed by atoms with Crippen LogP contribution in [0, 0.1) is 0 Å². The number of carbonyl (C=O) groups is 1. The summed E-state index contributed by atoms with van der Waals surface area (Å²) in [4.78, 5) is 10.5. The summed E-state index contributed by atoms with van der Waals surface area (Å²) in [6, 6.07) is 0.571. The molecule has 0 bridgehead atoms. The standard InChI is InChI=1S/C7H14N2OS/c1-6(10)11-5-9-7-2-3-8-4-7/h7-9H,2-5H2,1H3. The van der Waals surface area contributed by atoms with Gasteiger partial charge in [0.05, 0.1) is 0 Å². The molecule has 1 atom stereocenters. The molecule has 0 radical (unpaired) electrons. The fourth-order valence-electron chi connectivity index (χ4n) is 1.09. The van der Waals surface area contributed by atoms with E-state index in [0.717, 1.165) is 19.0 Å². The summed E-state index contributed by atoms with van der Waals surface area (Å²) in [5.74, 6) is 0.752. The second kappa shape index (κ2) is 4.74. The lowest BCUT2D eigenvalue weighted by Crippen LogP contribution is -2.30. The summed E-state index contributed by atoms with van der Waals surface area (Å²) in [6.07, 6.45) is 1.18. The summed E-state index contributed by atoms with van der Waals surface area (Å²) in [5, 5.41) is 6.73. The van der Waals surface area contributed by atoms with E-state index in [9.17, 15) is 4.79 Å². The van der Waals surface area contributed by atoms with Gasteiger partial charge in [0.1, 0.15) is 0 Å². The van der Waals surface area contributed by atoms with Gasteiger partial charge in [-0.25, -0.2) is 0 Å². The van der Waals surface area contributed by atoms with Crippen molar-refractivity contribution < 1.29 is 4.79 Å². The molecule has 0 amide bonds. The summed E-state index contributed by atoms with van der Waals surface area (Å²) in [7, 11) is 0. The van der Waals surface area contributed by atoms with Gasteiger partial charge in [0, 0.05) is 25.4 Å². The minimum absolute atomic E-state index is 0.184. The van der Waals surface area contributed by atoms with Crippen LogP contribution in [-0.4, -0.2) is 30.1 Å². The fraction of sp³-hybridized carbons (Fsp3) is 0.857. The van der Waals surface area contributed by atoms with Crippen molar-refractivity contribution >= 4 is 16.9 Å². The number of hydrogen-bond donors (Lipinski definition) is 2. The van der Waals surface area contributed by atoms with Crippen LogP contribution < -0.4 is 10.6 Å². The maximum atomic E-state index is 10.5. The molecule has 3 nitrogen and oxygen atoms in total. The van der Waals surface area contributed by atoms with Crippen LogP contribution >= 0.6 is 11.8 Å². The van der Waals surface area contributed by atoms with Crippen molar-refractivity contribution in [2.24, 2.45) is 0 Å². The first-order chi connectivity index (χ1) is 5.29. The van der Waals surface area contributed by atoms with Crippen LogP contribution in [0.4, 0.5) is 0 Å². The van der Waals surface area contributed by atoms with Gasteiger partial charge >= 0.3 is 0 Å². The normalized spacial score (nSPS) is 23.9. The van der Waals surface area contributed by atoms with Gasteiger partial charge in [-0.1, -0.05) is 11.8 Å². The molecule has 64 valence electrons. The van der Waals surface area contributed by atoms with Gasteiger partial charge in [-0.2, -0.15) is 0 Å². The molecule has 1 fully saturated rings. The molecule has 1 unspecified atom stereocenters. The van der Waals surface area contributed by atoms with E-state index in [1.165, 1.54) is 18.2 Å². The van der Waals surface area contributed by atoms with E-state index < -0.39 is 0 Å². The summed E-state index contributed by atoms with van der Waals surface area (Å²) in [6.45, 7) is 3.74. The predicted octanol–water partition coefficient (Wildman–Crippen LogP) is 0.175. The van der Waals surface area contributed by atoms with Gasteiger partial charge in [0.15, 0.2) is 5.12 Å². The molecule has 1 saturated heterocycles. The van der Waals surface area contributed by atoms with E-state index in [2.05, 4.69) is 10.6 Å². The Hall–Kier alpha value is -0.0600. The molecule has 2 N–H and O–H groups in total. The number of nitrogens with one attached hydrogen (secondary N) is 2. The van der Waals surface area contributed by atoms with E-state index >= 15 is 0 Å². The first-order valence-corrected chi connectivity index (χ1v) is 4.85. The zero-order valence-corrected chi connectivity index (χ0v) is 7.54. The van der Waals surface area contributed by atoms with Gasteiger partial charge < -0.3 is 10.6 Å². The van der Waals surface area contributed by atoms with Crippen molar-refractivity contribution in [2.45, 2.75) is 19.4 Å². The van der Waals surface area contributed by atoms with E-state index in [4.69, 9.17) is 0 Å². The maximum Gasteiger partial charge on any atom is 0.187 e. The Labute approximate surface area is 71.3 Å². The molecular formula is C7H14N2OS. The van der Waals surface area contributed by atoms with E-state index in [0.29, 0.717) is 6.04 Å². The molecule has 0 aromatic heterocycles. The van der Waals surface area contributed by atoms with Gasteiger partial charge in [-0.05, 0) is 13.0 Å². The first-order valence-electron chi connectivity index (χ1n) is 3.86. The van der Waals surface area contributed by atoms with Gasteiger partial charge in [-0.3, -0.25) is 4.79 Å². The molecule has 4 heteroatoms. The Morgan fingerprint density at radius 1 is 1.82 bits per heavy atom. The average Bonchev–Trinajstić information content (AvgIpc) is 2.39. The summed E-state index contributed by atoms with van der Waals surface area (Å²) >= 11 is 1.34. The molecule has 0 saturated carbocycles. The third-order valence-electron chi connectivity index (χ3n) is 1.71. The molecule has 0 aromatic carbocycles. The highest BCUT2D eigenvalue weighted by Gasteiger charge is 2.12. The second-order valence-corrected chi connectivity index (χ2v) is 3.83. The molecule has 0 aliphatic carbocycles. The van der Waals surface area contributed by atoms with E-state index in [-0.39, 0.29) is 5.12 Å². The SMILES string of the molecule is CC(=O)SCNC1CCNC1. The number of thioether (sulfide) groups is 1. The summed E-state index contributed by atoms with van der Waals surface area (Å²) < 4.78 is 0. The quantitative estimate of drug-likeness (QED) is 0.599. The van der Waals surface area contributed by atoms with Crippen molar-refractivity contribution in [1.29, 1.82) is 0 Å². The van der Waals surface area contributed by atoms with Crippen molar-refractivity contribution in [2.75, 3.05) is 19.0 Å². The average molecular weight is 174 g/mol. The van der Waals surface area contributed by atoms with E-state index in [1.54, 1.807) is 6.92 Å². The lowest BCUT2D eigenvalue weighted by molar-refractivity contribution is -0.109. The van der Waals surface area contributed by atoms with Crippen molar-refractivity contribution in [3.63, 3.8) is 0 Å². The van der Waals surface area contributed by atoms with Crippen molar-refractivity contribution in [3.05, 3.63) is 0 Å². The highest BCUT2D eigenvalue weighted by atomic mass is 32.2. The fourth-order valence-corrected chi connectivity index (χ4v) is 1.61. The molecule has 1 heterocycles.